The van der Waals surface area contributed by atoms with Crippen molar-refractivity contribution in [2.24, 2.45) is 17.8 Å². The topological polar surface area (TPSA) is 217 Å². The summed E-state index contributed by atoms with van der Waals surface area (Å²) in [5.41, 5.74) is 5.68. The molecule has 0 aliphatic rings. The molecule has 426 valence electrons. The third-order valence-corrected chi connectivity index (χ3v) is 14.4. The number of carbonyl (C=O) groups is 9. The summed E-state index contributed by atoms with van der Waals surface area (Å²) in [5.74, 6) is -2.36. The number of rotatable bonds is 27. The summed E-state index contributed by atoms with van der Waals surface area (Å²) in [5, 5.41) is 7.76. The molecule has 0 heterocycles. The Morgan fingerprint density at radius 1 is 0.321 bits per heavy atom. The number of nitrogens with one attached hydrogen (secondary N) is 3. The highest BCUT2D eigenvalue weighted by atomic mass is 32.2. The van der Waals surface area contributed by atoms with Gasteiger partial charge in [0.15, 0.2) is 15.3 Å². The lowest BCUT2D eigenvalue weighted by Gasteiger charge is -2.16. The average Bonchev–Trinajstić information content (AvgIpc) is 3.48. The van der Waals surface area contributed by atoms with Gasteiger partial charge in [0.05, 0.1) is 17.8 Å². The van der Waals surface area contributed by atoms with E-state index in [1.807, 2.05) is 182 Å². The predicted octanol–water partition coefficient (Wildman–Crippen LogP) is 8.95. The van der Waals surface area contributed by atoms with Gasteiger partial charge in [0.25, 0.3) is 0 Å². The van der Waals surface area contributed by atoms with Crippen LogP contribution in [0.1, 0.15) is 54.2 Å². The van der Waals surface area contributed by atoms with Gasteiger partial charge in [0.1, 0.15) is 39.5 Å². The standard InChI is InChI=1S/3C21H23NO4S/c3*1-16(23)27-15-19(12-17-8-4-2-5-9-17)21(25)22-13-20(24)26-14-18-10-6-3-7-11-18/h3*2-11,19H,12-15H2,1H3,(H,22,25)/t2*19-;/m10./s1. The second-order valence-corrected chi connectivity index (χ2v) is 21.8. The number of ether oxygens (including phenoxy) is 3. The van der Waals surface area contributed by atoms with Crippen molar-refractivity contribution < 1.29 is 57.4 Å². The van der Waals surface area contributed by atoms with E-state index in [9.17, 15) is 43.2 Å². The van der Waals surface area contributed by atoms with Crippen LogP contribution in [-0.4, -0.2) is 87.9 Å². The van der Waals surface area contributed by atoms with E-state index in [1.165, 1.54) is 20.8 Å². The molecule has 0 aliphatic carbocycles. The van der Waals surface area contributed by atoms with Crippen molar-refractivity contribution in [2.45, 2.75) is 59.9 Å². The highest BCUT2D eigenvalue weighted by Crippen LogP contribution is 2.19. The molecule has 6 aromatic carbocycles. The van der Waals surface area contributed by atoms with Crippen LogP contribution in [0.2, 0.25) is 0 Å². The normalized spacial score (nSPS) is 11.4. The highest BCUT2D eigenvalue weighted by molar-refractivity contribution is 8.14. The zero-order valence-corrected chi connectivity index (χ0v) is 48.1. The molecule has 0 aliphatic heterocycles. The molecule has 0 radical (unpaired) electrons. The fourth-order valence-electron chi connectivity index (χ4n) is 7.31. The Bertz CT molecular complexity index is 2560. The fourth-order valence-corrected chi connectivity index (χ4v) is 9.43. The molecule has 0 aromatic heterocycles. The van der Waals surface area contributed by atoms with Crippen LogP contribution in [0, 0.1) is 17.8 Å². The summed E-state index contributed by atoms with van der Waals surface area (Å²) >= 11 is 3.34. The minimum atomic E-state index is -0.495. The van der Waals surface area contributed by atoms with Crippen molar-refractivity contribution in [3.63, 3.8) is 0 Å². The van der Waals surface area contributed by atoms with Crippen molar-refractivity contribution in [1.82, 2.24) is 16.0 Å². The number of hydrogen-bond acceptors (Lipinski definition) is 15. The molecule has 0 bridgehead atoms. The zero-order chi connectivity index (χ0) is 58.5. The Labute approximate surface area is 486 Å². The SMILES string of the molecule is CC(=O)SCC(Cc1ccccc1)C(=O)NCC(=O)OCc1ccccc1.CC(=O)SC[C@@H](Cc1ccccc1)C(=O)NCC(=O)OCc1ccccc1.CC(=O)SC[C@H](Cc1ccccc1)C(=O)NCC(=O)OCc1ccccc1. The van der Waals surface area contributed by atoms with Gasteiger partial charge in [0, 0.05) is 38.0 Å². The molecule has 0 saturated carbocycles. The monoisotopic (exact) mass is 1160 g/mol. The van der Waals surface area contributed by atoms with Gasteiger partial charge in [-0.15, -0.1) is 0 Å². The second kappa shape index (κ2) is 38.7. The molecular formula is C63H69N3O12S3. The maximum atomic E-state index is 12.5. The van der Waals surface area contributed by atoms with E-state index < -0.39 is 35.7 Å². The molecule has 81 heavy (non-hydrogen) atoms. The van der Waals surface area contributed by atoms with Gasteiger partial charge < -0.3 is 30.2 Å². The van der Waals surface area contributed by atoms with Gasteiger partial charge in [-0.1, -0.05) is 217 Å². The first-order valence-corrected chi connectivity index (χ1v) is 29.0. The molecule has 6 aromatic rings. The summed E-state index contributed by atoms with van der Waals surface area (Å²) in [6, 6.07) is 56.8. The maximum Gasteiger partial charge on any atom is 0.325 e. The number of esters is 3. The lowest BCUT2D eigenvalue weighted by atomic mass is 10.0. The van der Waals surface area contributed by atoms with Crippen LogP contribution in [0.15, 0.2) is 182 Å². The summed E-state index contributed by atoms with van der Waals surface area (Å²) in [4.78, 5) is 107. The zero-order valence-electron chi connectivity index (χ0n) is 45.7. The molecule has 0 spiro atoms. The first-order valence-electron chi connectivity index (χ1n) is 26.1. The van der Waals surface area contributed by atoms with Gasteiger partial charge in [-0.2, -0.15) is 0 Å². The third-order valence-electron chi connectivity index (χ3n) is 11.5. The number of benzene rings is 6. The Morgan fingerprint density at radius 3 is 0.716 bits per heavy atom. The van der Waals surface area contributed by atoms with Gasteiger partial charge >= 0.3 is 17.9 Å². The molecule has 3 amide bonds. The van der Waals surface area contributed by atoms with E-state index in [4.69, 9.17) is 14.2 Å². The number of thioether (sulfide) groups is 3. The van der Waals surface area contributed by atoms with E-state index in [0.29, 0.717) is 36.5 Å². The van der Waals surface area contributed by atoms with E-state index >= 15 is 0 Å². The molecule has 3 N–H and O–H groups in total. The lowest BCUT2D eigenvalue weighted by Crippen LogP contribution is -2.37. The molecular weight excluding hydrogens is 1090 g/mol. The summed E-state index contributed by atoms with van der Waals surface area (Å²) in [6.07, 6.45) is 1.52. The summed E-state index contributed by atoms with van der Waals surface area (Å²) < 4.78 is 15.5. The molecule has 0 saturated heterocycles. The molecule has 3 atom stereocenters. The Morgan fingerprint density at radius 2 is 0.519 bits per heavy atom. The van der Waals surface area contributed by atoms with E-state index in [0.717, 1.165) is 68.7 Å². The number of amides is 3. The number of carbonyl (C=O) groups excluding carboxylic acids is 9. The Kier molecular flexibility index (Phi) is 31.4. The van der Waals surface area contributed by atoms with Gasteiger partial charge in [-0.25, -0.2) is 0 Å². The predicted molar refractivity (Wildman–Crippen MR) is 318 cm³/mol. The molecule has 18 heteroatoms. The maximum absolute atomic E-state index is 12.5. The quantitative estimate of drug-likeness (QED) is 0.0324. The van der Waals surface area contributed by atoms with Crippen LogP contribution in [0.5, 0.6) is 0 Å². The van der Waals surface area contributed by atoms with Crippen molar-refractivity contribution in [2.75, 3.05) is 36.9 Å². The molecule has 6 rings (SSSR count). The lowest BCUT2D eigenvalue weighted by molar-refractivity contribution is -0.145. The second-order valence-electron chi connectivity index (χ2n) is 18.2. The van der Waals surface area contributed by atoms with Crippen LogP contribution in [0.3, 0.4) is 0 Å². The van der Waals surface area contributed by atoms with E-state index in [2.05, 4.69) is 16.0 Å². The van der Waals surface area contributed by atoms with Crippen molar-refractivity contribution in [1.29, 1.82) is 0 Å². The van der Waals surface area contributed by atoms with Crippen molar-refractivity contribution in [3.8, 4) is 0 Å². The Balaban J connectivity index is 0.000000261. The minimum Gasteiger partial charge on any atom is -0.460 e. The Hall–Kier alpha value is -7.80. The smallest absolute Gasteiger partial charge is 0.325 e. The van der Waals surface area contributed by atoms with E-state index in [-0.39, 0.29) is 72.5 Å². The van der Waals surface area contributed by atoms with Crippen LogP contribution in [0.25, 0.3) is 0 Å². The average molecular weight is 1160 g/mol. The van der Waals surface area contributed by atoms with Crippen LogP contribution in [-0.2, 0) is 96.4 Å². The van der Waals surface area contributed by atoms with Gasteiger partial charge in [-0.3, -0.25) is 43.2 Å². The van der Waals surface area contributed by atoms with Crippen molar-refractivity contribution >= 4 is 86.3 Å². The molecule has 1 unspecified atom stereocenters. The fraction of sp³-hybridized carbons (Fsp3) is 0.286. The minimum absolute atomic E-state index is 0.0388. The number of hydrogen-bond donors (Lipinski definition) is 3. The van der Waals surface area contributed by atoms with Crippen LogP contribution < -0.4 is 16.0 Å². The first-order chi connectivity index (χ1) is 39.1. The third kappa shape index (κ3) is 29.8. The van der Waals surface area contributed by atoms with Gasteiger partial charge in [0.2, 0.25) is 17.7 Å². The van der Waals surface area contributed by atoms with Crippen molar-refractivity contribution in [3.05, 3.63) is 215 Å². The molecule has 0 fully saturated rings. The summed E-state index contributed by atoms with van der Waals surface area (Å²) in [7, 11) is 0. The van der Waals surface area contributed by atoms with Gasteiger partial charge in [-0.05, 0) is 52.6 Å². The summed E-state index contributed by atoms with van der Waals surface area (Å²) in [6.45, 7) is 4.36. The van der Waals surface area contributed by atoms with Crippen LogP contribution >= 0.6 is 35.3 Å². The van der Waals surface area contributed by atoms with Crippen LogP contribution in [0.4, 0.5) is 0 Å². The van der Waals surface area contributed by atoms with E-state index in [1.54, 1.807) is 0 Å². The highest BCUT2D eigenvalue weighted by Gasteiger charge is 2.24. The molecule has 15 nitrogen and oxygen atoms in total. The largest absolute Gasteiger partial charge is 0.460 e. The first kappa shape index (κ1) is 65.7.